The van der Waals surface area contributed by atoms with Crippen molar-refractivity contribution in [3.8, 4) is 0 Å². The van der Waals surface area contributed by atoms with Gasteiger partial charge in [0.05, 0.1) is 19.6 Å². The van der Waals surface area contributed by atoms with Gasteiger partial charge in [0, 0.05) is 6.42 Å². The van der Waals surface area contributed by atoms with Gasteiger partial charge in [0.2, 0.25) is 0 Å². The number of hydrogen-bond acceptors (Lipinski definition) is 10. The number of ether oxygens (including phenoxy) is 4. The largest absolute Gasteiger partial charge is 0.461 e. The van der Waals surface area contributed by atoms with Crippen LogP contribution in [-0.4, -0.2) is 89.0 Å². The van der Waals surface area contributed by atoms with Gasteiger partial charge in [-0.1, -0.05) is 142 Å². The average Bonchev–Trinajstić information content (AvgIpc) is 3.23. The van der Waals surface area contributed by atoms with E-state index in [1.165, 1.54) is 0 Å². The SMILES string of the molecule is CC/C=C\C/C=C\C/C=C\C/C=C\C/C=C\CCCCCC(=O)OC(COC(=O)C/C=C\C/C=C\C/C=C\C/C=C\C/C=C\CC)COC1OC(CO)C(O)C(O)C1O. The number of unbranched alkanes of at least 4 members (excludes halogenated alkanes) is 3. The van der Waals surface area contributed by atoms with Crippen LogP contribution in [0.5, 0.6) is 0 Å². The molecule has 0 saturated carbocycles. The Morgan fingerprint density at radius 1 is 0.542 bits per heavy atom. The molecule has 0 bridgehead atoms. The number of esters is 2. The Labute approximate surface area is 354 Å². The van der Waals surface area contributed by atoms with Gasteiger partial charge < -0.3 is 39.4 Å². The summed E-state index contributed by atoms with van der Waals surface area (Å²) in [6, 6.07) is 0. The lowest BCUT2D eigenvalue weighted by Gasteiger charge is -2.39. The molecule has 6 atom stereocenters. The molecule has 0 amide bonds. The predicted molar refractivity (Wildman–Crippen MR) is 237 cm³/mol. The van der Waals surface area contributed by atoms with E-state index in [2.05, 4.69) is 117 Å². The molecule has 0 aliphatic carbocycles. The molecule has 1 saturated heterocycles. The lowest BCUT2D eigenvalue weighted by atomic mass is 9.99. The Hall–Kier alpha value is -3.90. The van der Waals surface area contributed by atoms with E-state index in [-0.39, 0.29) is 26.1 Å². The molecular weight excluding hydrogens is 749 g/mol. The fraction of sp³-hybridized carbons (Fsp3) is 0.551. The van der Waals surface area contributed by atoms with Crippen LogP contribution in [0.1, 0.15) is 117 Å². The Kier molecular flexibility index (Phi) is 34.5. The Balaban J connectivity index is 2.45. The smallest absolute Gasteiger partial charge is 0.309 e. The summed E-state index contributed by atoms with van der Waals surface area (Å²) in [7, 11) is 0. The van der Waals surface area contributed by atoms with E-state index in [1.54, 1.807) is 6.08 Å². The fourth-order valence-corrected chi connectivity index (χ4v) is 5.52. The first-order valence-corrected chi connectivity index (χ1v) is 21.6. The number of allylic oxidation sites excluding steroid dienone is 19. The molecule has 1 fully saturated rings. The van der Waals surface area contributed by atoms with E-state index >= 15 is 0 Å². The average molecular weight is 823 g/mol. The maximum Gasteiger partial charge on any atom is 0.309 e. The Morgan fingerprint density at radius 2 is 1.00 bits per heavy atom. The minimum Gasteiger partial charge on any atom is -0.461 e. The third kappa shape index (κ3) is 29.9. The van der Waals surface area contributed by atoms with Gasteiger partial charge in [-0.25, -0.2) is 0 Å². The molecule has 330 valence electrons. The summed E-state index contributed by atoms with van der Waals surface area (Å²) in [6.45, 7) is 3.02. The molecule has 1 rings (SSSR count). The lowest BCUT2D eigenvalue weighted by Crippen LogP contribution is -2.59. The van der Waals surface area contributed by atoms with Gasteiger partial charge in [0.15, 0.2) is 12.4 Å². The minimum atomic E-state index is -1.62. The predicted octanol–water partition coefficient (Wildman–Crippen LogP) is 9.10. The van der Waals surface area contributed by atoms with E-state index in [0.717, 1.165) is 77.0 Å². The molecule has 0 aromatic rings. The molecular formula is C49H74O10. The maximum absolute atomic E-state index is 12.8. The molecule has 0 spiro atoms. The van der Waals surface area contributed by atoms with E-state index in [4.69, 9.17) is 18.9 Å². The van der Waals surface area contributed by atoms with E-state index in [0.29, 0.717) is 12.8 Å². The van der Waals surface area contributed by atoms with E-state index in [9.17, 15) is 30.0 Å². The summed E-state index contributed by atoms with van der Waals surface area (Å²) in [5, 5.41) is 40.0. The number of hydrogen-bond donors (Lipinski definition) is 4. The highest BCUT2D eigenvalue weighted by Crippen LogP contribution is 2.22. The number of carbonyl (C=O) groups excluding carboxylic acids is 2. The quantitative estimate of drug-likeness (QED) is 0.0287. The second-order valence-corrected chi connectivity index (χ2v) is 14.0. The number of aliphatic hydroxyl groups excluding tert-OH is 4. The lowest BCUT2D eigenvalue weighted by molar-refractivity contribution is -0.305. The van der Waals surface area contributed by atoms with Crippen molar-refractivity contribution in [3.05, 3.63) is 122 Å². The van der Waals surface area contributed by atoms with Gasteiger partial charge in [-0.3, -0.25) is 9.59 Å². The first-order valence-electron chi connectivity index (χ1n) is 21.6. The van der Waals surface area contributed by atoms with Crippen molar-refractivity contribution < 1.29 is 49.0 Å². The van der Waals surface area contributed by atoms with Gasteiger partial charge in [-0.15, -0.1) is 0 Å². The van der Waals surface area contributed by atoms with E-state index in [1.807, 2.05) is 12.2 Å². The van der Waals surface area contributed by atoms with Crippen molar-refractivity contribution >= 4 is 11.9 Å². The van der Waals surface area contributed by atoms with Crippen LogP contribution in [0.3, 0.4) is 0 Å². The second kappa shape index (κ2) is 38.3. The summed E-state index contributed by atoms with van der Waals surface area (Å²) in [5.41, 5.74) is 0. The van der Waals surface area contributed by atoms with Crippen LogP contribution in [-0.2, 0) is 28.5 Å². The molecule has 59 heavy (non-hydrogen) atoms. The van der Waals surface area contributed by atoms with Gasteiger partial charge in [-0.2, -0.15) is 0 Å². The van der Waals surface area contributed by atoms with Crippen molar-refractivity contribution in [3.63, 3.8) is 0 Å². The van der Waals surface area contributed by atoms with Crippen molar-refractivity contribution in [1.29, 1.82) is 0 Å². The zero-order valence-electron chi connectivity index (χ0n) is 35.7. The highest BCUT2D eigenvalue weighted by atomic mass is 16.7. The van der Waals surface area contributed by atoms with Gasteiger partial charge in [0.25, 0.3) is 0 Å². The fourth-order valence-electron chi connectivity index (χ4n) is 5.52. The van der Waals surface area contributed by atoms with Crippen molar-refractivity contribution in [2.75, 3.05) is 19.8 Å². The van der Waals surface area contributed by atoms with Gasteiger partial charge >= 0.3 is 11.9 Å². The molecule has 0 radical (unpaired) electrons. The summed E-state index contributed by atoms with van der Waals surface area (Å²) in [4.78, 5) is 25.2. The standard InChI is InChI=1S/C49H74O10/c1-3-5-7-9-11-13-15-17-19-20-21-22-24-26-28-30-32-34-36-38-45(52)58-42(41-57-49-48(55)47(54)46(53)43(39-50)59-49)40-56-44(51)37-35-33-31-29-27-25-23-18-16-14-12-10-8-6-4-2/h5-8,11-14,17-19,21-23,26-29,33,35,42-43,46-50,53-55H,3-4,9-10,15-16,20,24-25,30-32,34,36-41H2,1-2H3/b7-5-,8-6-,13-11-,14-12-,19-17-,22-21-,23-18-,28-26-,29-27-,35-33-. The van der Waals surface area contributed by atoms with Crippen LogP contribution in [0.25, 0.3) is 0 Å². The van der Waals surface area contributed by atoms with Crippen molar-refractivity contribution in [2.45, 2.75) is 153 Å². The van der Waals surface area contributed by atoms with Crippen LogP contribution in [0.2, 0.25) is 0 Å². The Bertz CT molecular complexity index is 1370. The van der Waals surface area contributed by atoms with Crippen LogP contribution < -0.4 is 0 Å². The first kappa shape index (κ1) is 53.1. The van der Waals surface area contributed by atoms with Gasteiger partial charge in [0.1, 0.15) is 31.0 Å². The number of aliphatic hydroxyl groups is 4. The van der Waals surface area contributed by atoms with Crippen LogP contribution >= 0.6 is 0 Å². The van der Waals surface area contributed by atoms with Crippen LogP contribution in [0.15, 0.2) is 122 Å². The highest BCUT2D eigenvalue weighted by molar-refractivity contribution is 5.71. The van der Waals surface area contributed by atoms with E-state index < -0.39 is 55.4 Å². The molecule has 0 aromatic heterocycles. The summed E-state index contributed by atoms with van der Waals surface area (Å²) < 4.78 is 22.0. The minimum absolute atomic E-state index is 0.0274. The summed E-state index contributed by atoms with van der Waals surface area (Å²) in [6.07, 6.45) is 46.6. The molecule has 0 aromatic carbocycles. The zero-order chi connectivity index (χ0) is 43.0. The highest BCUT2D eigenvalue weighted by Gasteiger charge is 2.44. The number of carbonyl (C=O) groups is 2. The monoisotopic (exact) mass is 823 g/mol. The molecule has 10 heteroatoms. The molecule has 10 nitrogen and oxygen atoms in total. The molecule has 1 aliphatic rings. The number of rotatable bonds is 33. The second-order valence-electron chi connectivity index (χ2n) is 14.0. The van der Waals surface area contributed by atoms with Crippen LogP contribution in [0, 0.1) is 0 Å². The van der Waals surface area contributed by atoms with Gasteiger partial charge in [-0.05, 0) is 83.5 Å². The van der Waals surface area contributed by atoms with Crippen molar-refractivity contribution in [1.82, 2.24) is 0 Å². The summed E-state index contributed by atoms with van der Waals surface area (Å²) >= 11 is 0. The molecule has 1 heterocycles. The summed E-state index contributed by atoms with van der Waals surface area (Å²) in [5.74, 6) is -1.01. The first-order chi connectivity index (χ1) is 28.8. The molecule has 1 aliphatic heterocycles. The third-order valence-corrected chi connectivity index (χ3v) is 8.87. The van der Waals surface area contributed by atoms with Crippen LogP contribution in [0.4, 0.5) is 0 Å². The van der Waals surface area contributed by atoms with Crippen molar-refractivity contribution in [2.24, 2.45) is 0 Å². The molecule has 6 unspecified atom stereocenters. The normalized spacial score (nSPS) is 21.2. The third-order valence-electron chi connectivity index (χ3n) is 8.87. The Morgan fingerprint density at radius 3 is 1.47 bits per heavy atom. The zero-order valence-corrected chi connectivity index (χ0v) is 35.7. The maximum atomic E-state index is 12.8. The topological polar surface area (TPSA) is 152 Å². The molecule has 4 N–H and O–H groups in total.